The highest BCUT2D eigenvalue weighted by molar-refractivity contribution is 6.10. The van der Waals surface area contributed by atoms with E-state index in [1.165, 1.54) is 11.3 Å². The average Bonchev–Trinajstić information content (AvgIpc) is 2.79. The van der Waals surface area contributed by atoms with Crippen LogP contribution in [0.15, 0.2) is 48.5 Å². The van der Waals surface area contributed by atoms with Gasteiger partial charge in [-0.05, 0) is 49.2 Å². The second-order valence-corrected chi connectivity index (χ2v) is 7.56. The first-order valence-corrected chi connectivity index (χ1v) is 10.5. The summed E-state index contributed by atoms with van der Waals surface area (Å²) in [5, 5.41) is 3.14. The highest BCUT2D eigenvalue weighted by atomic mass is 16.5. The van der Waals surface area contributed by atoms with E-state index >= 15 is 0 Å². The third-order valence-electron chi connectivity index (χ3n) is 5.41. The maximum atomic E-state index is 13.0. The molecule has 3 rings (SSSR count). The van der Waals surface area contributed by atoms with E-state index in [2.05, 4.69) is 5.32 Å². The number of carbonyl (C=O) groups excluding carboxylic acids is 2. The molecule has 1 saturated carbocycles. The second kappa shape index (κ2) is 10.8. The molecule has 0 radical (unpaired) electrons. The summed E-state index contributed by atoms with van der Waals surface area (Å²) >= 11 is 0. The molecule has 1 fully saturated rings. The Morgan fingerprint density at radius 2 is 1.70 bits per heavy atom. The number of hydrogen-bond acceptors (Lipinski definition) is 4. The van der Waals surface area contributed by atoms with Gasteiger partial charge in [-0.1, -0.05) is 31.4 Å². The molecule has 0 aromatic heterocycles. The molecule has 0 heterocycles. The molecule has 0 atom stereocenters. The van der Waals surface area contributed by atoms with Crippen molar-refractivity contribution in [1.29, 1.82) is 0 Å². The fourth-order valence-electron chi connectivity index (χ4n) is 3.71. The topological polar surface area (TPSA) is 67.9 Å². The van der Waals surface area contributed by atoms with Gasteiger partial charge >= 0.3 is 0 Å². The summed E-state index contributed by atoms with van der Waals surface area (Å²) in [6.07, 6.45) is 5.56. The SMILES string of the molecule is COCCOc1ccc(C(=O)N(C)c2ccccc2C(=O)NC2CCCCC2)cc1. The molecule has 1 N–H and O–H groups in total. The molecule has 0 unspecified atom stereocenters. The molecule has 6 nitrogen and oxygen atoms in total. The van der Waals surface area contributed by atoms with Crippen molar-refractivity contribution in [3.05, 3.63) is 59.7 Å². The number of ether oxygens (including phenoxy) is 2. The lowest BCUT2D eigenvalue weighted by atomic mass is 9.95. The molecule has 2 aromatic rings. The minimum Gasteiger partial charge on any atom is -0.491 e. The molecule has 2 aromatic carbocycles. The number of amides is 2. The van der Waals surface area contributed by atoms with E-state index < -0.39 is 0 Å². The molecular formula is C24H30N2O4. The van der Waals surface area contributed by atoms with Gasteiger partial charge in [-0.2, -0.15) is 0 Å². The lowest BCUT2D eigenvalue weighted by molar-refractivity contribution is 0.0928. The summed E-state index contributed by atoms with van der Waals surface area (Å²) in [7, 11) is 3.31. The monoisotopic (exact) mass is 410 g/mol. The van der Waals surface area contributed by atoms with Crippen LogP contribution in [0.25, 0.3) is 0 Å². The summed E-state index contributed by atoms with van der Waals surface area (Å²) < 4.78 is 10.5. The van der Waals surface area contributed by atoms with Crippen LogP contribution in [0.3, 0.4) is 0 Å². The normalized spacial score (nSPS) is 14.2. The van der Waals surface area contributed by atoms with E-state index in [4.69, 9.17) is 9.47 Å². The first-order chi connectivity index (χ1) is 14.6. The van der Waals surface area contributed by atoms with E-state index in [1.807, 2.05) is 12.1 Å². The quantitative estimate of drug-likeness (QED) is 0.667. The average molecular weight is 411 g/mol. The van der Waals surface area contributed by atoms with Crippen molar-refractivity contribution < 1.29 is 19.1 Å². The number of anilines is 1. The van der Waals surface area contributed by atoms with Gasteiger partial charge in [0.25, 0.3) is 11.8 Å². The molecule has 0 aliphatic heterocycles. The number of rotatable bonds is 8. The zero-order valence-corrected chi connectivity index (χ0v) is 17.7. The van der Waals surface area contributed by atoms with Crippen LogP contribution in [0.5, 0.6) is 5.75 Å². The number of nitrogens with zero attached hydrogens (tertiary/aromatic N) is 1. The van der Waals surface area contributed by atoms with Gasteiger partial charge in [0.15, 0.2) is 0 Å². The van der Waals surface area contributed by atoms with Crippen LogP contribution in [0.2, 0.25) is 0 Å². The summed E-state index contributed by atoms with van der Waals surface area (Å²) in [6, 6.07) is 14.4. The molecule has 2 amide bonds. The van der Waals surface area contributed by atoms with E-state index in [0.29, 0.717) is 35.8 Å². The van der Waals surface area contributed by atoms with Gasteiger partial charge in [0, 0.05) is 25.8 Å². The third kappa shape index (κ3) is 5.60. The smallest absolute Gasteiger partial charge is 0.258 e. The minimum absolute atomic E-state index is 0.126. The Morgan fingerprint density at radius 3 is 2.40 bits per heavy atom. The van der Waals surface area contributed by atoms with Crippen LogP contribution >= 0.6 is 0 Å². The van der Waals surface area contributed by atoms with E-state index in [9.17, 15) is 9.59 Å². The fourth-order valence-corrected chi connectivity index (χ4v) is 3.71. The van der Waals surface area contributed by atoms with Crippen LogP contribution < -0.4 is 15.0 Å². The Balaban J connectivity index is 1.70. The van der Waals surface area contributed by atoms with Crippen molar-refractivity contribution in [2.24, 2.45) is 0 Å². The summed E-state index contributed by atoms with van der Waals surface area (Å²) in [5.74, 6) is 0.369. The zero-order chi connectivity index (χ0) is 21.3. The van der Waals surface area contributed by atoms with E-state index in [0.717, 1.165) is 25.7 Å². The van der Waals surface area contributed by atoms with Crippen LogP contribution in [0.4, 0.5) is 5.69 Å². The van der Waals surface area contributed by atoms with Crippen molar-refractivity contribution in [1.82, 2.24) is 5.32 Å². The molecule has 1 aliphatic rings. The van der Waals surface area contributed by atoms with Crippen LogP contribution in [-0.2, 0) is 4.74 Å². The predicted molar refractivity (Wildman–Crippen MR) is 117 cm³/mol. The predicted octanol–water partition coefficient (Wildman–Crippen LogP) is 4.05. The Bertz CT molecular complexity index is 845. The molecule has 0 bridgehead atoms. The molecule has 0 spiro atoms. The van der Waals surface area contributed by atoms with Gasteiger partial charge in [0.05, 0.1) is 17.9 Å². The number of hydrogen-bond donors (Lipinski definition) is 1. The Labute approximate surface area is 178 Å². The van der Waals surface area contributed by atoms with Crippen molar-refractivity contribution in [2.45, 2.75) is 38.1 Å². The van der Waals surface area contributed by atoms with Gasteiger partial charge in [-0.3, -0.25) is 9.59 Å². The van der Waals surface area contributed by atoms with E-state index in [-0.39, 0.29) is 17.9 Å². The second-order valence-electron chi connectivity index (χ2n) is 7.56. The third-order valence-corrected chi connectivity index (χ3v) is 5.41. The van der Waals surface area contributed by atoms with Crippen molar-refractivity contribution in [2.75, 3.05) is 32.3 Å². The highest BCUT2D eigenvalue weighted by Gasteiger charge is 2.22. The molecule has 0 saturated heterocycles. The first-order valence-electron chi connectivity index (χ1n) is 10.5. The Hall–Kier alpha value is -2.86. The highest BCUT2D eigenvalue weighted by Crippen LogP contribution is 2.24. The zero-order valence-electron chi connectivity index (χ0n) is 17.7. The molecule has 1 aliphatic carbocycles. The van der Waals surface area contributed by atoms with E-state index in [1.54, 1.807) is 50.6 Å². The number of nitrogens with one attached hydrogen (secondary N) is 1. The van der Waals surface area contributed by atoms with Crippen LogP contribution in [0.1, 0.15) is 52.8 Å². The van der Waals surface area contributed by atoms with Gasteiger partial charge in [0.2, 0.25) is 0 Å². The minimum atomic E-state index is -0.184. The fraction of sp³-hybridized carbons (Fsp3) is 0.417. The maximum absolute atomic E-state index is 13.0. The summed E-state index contributed by atoms with van der Waals surface area (Å²) in [6.45, 7) is 0.955. The van der Waals surface area contributed by atoms with Crippen molar-refractivity contribution in [3.8, 4) is 5.75 Å². The van der Waals surface area contributed by atoms with Gasteiger partial charge in [-0.25, -0.2) is 0 Å². The molecular weight excluding hydrogens is 380 g/mol. The Morgan fingerprint density at radius 1 is 1.00 bits per heavy atom. The first kappa shape index (κ1) is 21.8. The number of carbonyl (C=O) groups is 2. The number of methoxy groups -OCH3 is 1. The summed E-state index contributed by atoms with van der Waals surface area (Å²) in [5.41, 5.74) is 1.63. The Kier molecular flexibility index (Phi) is 7.85. The summed E-state index contributed by atoms with van der Waals surface area (Å²) in [4.78, 5) is 27.4. The molecule has 160 valence electrons. The van der Waals surface area contributed by atoms with Gasteiger partial charge in [-0.15, -0.1) is 0 Å². The lowest BCUT2D eigenvalue weighted by Gasteiger charge is -2.25. The standard InChI is InChI=1S/C24H30N2O4/c1-26(24(28)18-12-14-20(15-13-18)30-17-16-29-2)22-11-7-6-10-21(22)23(27)25-19-8-4-3-5-9-19/h6-7,10-15,19H,3-5,8-9,16-17H2,1-2H3,(H,25,27). The van der Waals surface area contributed by atoms with Gasteiger partial charge < -0.3 is 19.7 Å². The van der Waals surface area contributed by atoms with Crippen LogP contribution in [-0.4, -0.2) is 45.2 Å². The van der Waals surface area contributed by atoms with Crippen LogP contribution in [0, 0.1) is 0 Å². The van der Waals surface area contributed by atoms with Crippen molar-refractivity contribution in [3.63, 3.8) is 0 Å². The largest absolute Gasteiger partial charge is 0.491 e. The molecule has 30 heavy (non-hydrogen) atoms. The maximum Gasteiger partial charge on any atom is 0.258 e. The number of benzene rings is 2. The molecule has 6 heteroatoms. The number of para-hydroxylation sites is 1. The van der Waals surface area contributed by atoms with Gasteiger partial charge in [0.1, 0.15) is 12.4 Å². The lowest BCUT2D eigenvalue weighted by Crippen LogP contribution is -2.37. The van der Waals surface area contributed by atoms with Crippen molar-refractivity contribution >= 4 is 17.5 Å².